The number of methoxy groups -OCH3 is 1. The van der Waals surface area contributed by atoms with Crippen molar-refractivity contribution < 1.29 is 14.6 Å². The van der Waals surface area contributed by atoms with Crippen molar-refractivity contribution in [3.05, 3.63) is 21.4 Å². The third kappa shape index (κ3) is 4.46. The molecule has 1 rings (SSSR count). The van der Waals surface area contributed by atoms with Gasteiger partial charge in [-0.25, -0.2) is 0 Å². The number of hydrogen-bond donors (Lipinski definition) is 2. The number of nitrogens with one attached hydrogen (secondary N) is 1. The molecule has 0 aliphatic rings. The maximum atomic E-state index is 11.8. The molecule has 0 saturated heterocycles. The van der Waals surface area contributed by atoms with Crippen molar-refractivity contribution in [3.63, 3.8) is 0 Å². The second kappa shape index (κ2) is 6.74. The molecule has 0 aliphatic carbocycles. The van der Waals surface area contributed by atoms with Crippen molar-refractivity contribution in [3.8, 4) is 0 Å². The van der Waals surface area contributed by atoms with Crippen LogP contribution in [-0.2, 0) is 4.74 Å². The first-order chi connectivity index (χ1) is 8.04. The largest absolute Gasteiger partial charge is 0.391 e. The van der Waals surface area contributed by atoms with Crippen LogP contribution in [0.1, 0.15) is 26.5 Å². The molecule has 1 amide bonds. The van der Waals surface area contributed by atoms with Crippen molar-refractivity contribution in [1.29, 1.82) is 0 Å². The smallest absolute Gasteiger partial charge is 0.252 e. The number of carbonyl (C=O) groups excluding carboxylic acids is 1. The third-order valence-electron chi connectivity index (χ3n) is 2.41. The maximum absolute atomic E-state index is 11.8. The second-order valence-corrected chi connectivity index (χ2v) is 5.44. The van der Waals surface area contributed by atoms with E-state index in [2.05, 4.69) is 5.32 Å². The summed E-state index contributed by atoms with van der Waals surface area (Å²) >= 11 is 1.62. The Labute approximate surface area is 106 Å². The van der Waals surface area contributed by atoms with E-state index in [1.807, 2.05) is 19.9 Å². The lowest BCUT2D eigenvalue weighted by atomic mass is 10.2. The maximum Gasteiger partial charge on any atom is 0.252 e. The number of thiophene rings is 1. The Morgan fingerprint density at radius 2 is 2.29 bits per heavy atom. The summed E-state index contributed by atoms with van der Waals surface area (Å²) < 4.78 is 4.81. The number of aliphatic hydroxyl groups excluding tert-OH is 1. The van der Waals surface area contributed by atoms with Gasteiger partial charge >= 0.3 is 0 Å². The summed E-state index contributed by atoms with van der Waals surface area (Å²) in [6.45, 7) is 4.67. The summed E-state index contributed by atoms with van der Waals surface area (Å²) in [6.07, 6.45) is -0.0209. The van der Waals surface area contributed by atoms with Gasteiger partial charge in [-0.3, -0.25) is 4.79 Å². The van der Waals surface area contributed by atoms with Crippen LogP contribution in [0.25, 0.3) is 0 Å². The van der Waals surface area contributed by atoms with E-state index in [4.69, 9.17) is 4.74 Å². The molecule has 1 atom stereocenters. The Bertz CT molecular complexity index is 376. The second-order valence-electron chi connectivity index (χ2n) is 3.98. The average molecular weight is 257 g/mol. The molecule has 96 valence electrons. The first kappa shape index (κ1) is 14.2. The van der Waals surface area contributed by atoms with Crippen molar-refractivity contribution in [2.75, 3.05) is 20.3 Å². The summed E-state index contributed by atoms with van der Waals surface area (Å²) in [6, 6.07) is 1.89. The first-order valence-corrected chi connectivity index (χ1v) is 6.38. The van der Waals surface area contributed by atoms with E-state index < -0.39 is 6.10 Å². The van der Waals surface area contributed by atoms with E-state index in [9.17, 15) is 9.90 Å². The normalized spacial score (nSPS) is 12.5. The molecule has 0 aromatic carbocycles. The number of aliphatic hydroxyl groups is 1. The van der Waals surface area contributed by atoms with E-state index in [0.717, 1.165) is 15.3 Å². The number of rotatable bonds is 6. The molecule has 4 nitrogen and oxygen atoms in total. The molecular weight excluding hydrogens is 238 g/mol. The molecule has 1 aromatic heterocycles. The standard InChI is InChI=1S/C12H19NO3S/c1-8-6-11(9(2)17-8)12(15)13-5-4-10(14)7-16-3/h6,10,14H,4-5,7H2,1-3H3,(H,13,15). The number of ether oxygens (including phenoxy) is 1. The predicted octanol–water partition coefficient (Wildman–Crippen LogP) is 1.49. The van der Waals surface area contributed by atoms with Crippen molar-refractivity contribution in [1.82, 2.24) is 5.32 Å². The molecule has 1 unspecified atom stereocenters. The summed E-state index contributed by atoms with van der Waals surface area (Å²) in [7, 11) is 1.54. The molecule has 2 N–H and O–H groups in total. The van der Waals surface area contributed by atoms with Gasteiger partial charge in [0.25, 0.3) is 5.91 Å². The van der Waals surface area contributed by atoms with Gasteiger partial charge in [0.1, 0.15) is 0 Å². The number of hydrogen-bond acceptors (Lipinski definition) is 4. The van der Waals surface area contributed by atoms with Crippen LogP contribution in [0, 0.1) is 13.8 Å². The quantitative estimate of drug-likeness (QED) is 0.812. The minimum Gasteiger partial charge on any atom is -0.391 e. The molecule has 1 heterocycles. The Balaban J connectivity index is 2.37. The fourth-order valence-electron chi connectivity index (χ4n) is 1.58. The summed E-state index contributed by atoms with van der Waals surface area (Å²) in [5.41, 5.74) is 0.730. The highest BCUT2D eigenvalue weighted by Crippen LogP contribution is 2.20. The molecule has 0 bridgehead atoms. The van der Waals surface area contributed by atoms with Crippen molar-refractivity contribution >= 4 is 17.2 Å². The highest BCUT2D eigenvalue weighted by atomic mass is 32.1. The molecule has 0 aliphatic heterocycles. The first-order valence-electron chi connectivity index (χ1n) is 5.56. The lowest BCUT2D eigenvalue weighted by Gasteiger charge is -2.09. The van der Waals surface area contributed by atoms with E-state index in [0.29, 0.717) is 19.6 Å². The molecule has 17 heavy (non-hydrogen) atoms. The van der Waals surface area contributed by atoms with Crippen LogP contribution < -0.4 is 5.32 Å². The van der Waals surface area contributed by atoms with Gasteiger partial charge in [0.15, 0.2) is 0 Å². The van der Waals surface area contributed by atoms with E-state index in [-0.39, 0.29) is 5.91 Å². The van der Waals surface area contributed by atoms with Gasteiger partial charge in [-0.1, -0.05) is 0 Å². The molecule has 0 spiro atoms. The van der Waals surface area contributed by atoms with Crippen LogP contribution in [0.5, 0.6) is 0 Å². The molecule has 0 saturated carbocycles. The van der Waals surface area contributed by atoms with Gasteiger partial charge in [-0.05, 0) is 26.3 Å². The fraction of sp³-hybridized carbons (Fsp3) is 0.583. The monoisotopic (exact) mass is 257 g/mol. The van der Waals surface area contributed by atoms with E-state index >= 15 is 0 Å². The minimum atomic E-state index is -0.523. The Morgan fingerprint density at radius 3 is 2.82 bits per heavy atom. The van der Waals surface area contributed by atoms with Crippen LogP contribution in [0.2, 0.25) is 0 Å². The molecule has 1 aromatic rings. The number of amides is 1. The minimum absolute atomic E-state index is 0.0727. The van der Waals surface area contributed by atoms with Gasteiger partial charge in [0.2, 0.25) is 0 Å². The van der Waals surface area contributed by atoms with Gasteiger partial charge in [-0.15, -0.1) is 11.3 Å². The number of aryl methyl sites for hydroxylation is 2. The van der Waals surface area contributed by atoms with Gasteiger partial charge in [-0.2, -0.15) is 0 Å². The van der Waals surface area contributed by atoms with Crippen molar-refractivity contribution in [2.45, 2.75) is 26.4 Å². The highest BCUT2D eigenvalue weighted by Gasteiger charge is 2.12. The SMILES string of the molecule is COCC(O)CCNC(=O)c1cc(C)sc1C. The number of carbonyl (C=O) groups is 1. The average Bonchev–Trinajstić information content (AvgIpc) is 2.58. The summed E-state index contributed by atoms with van der Waals surface area (Å²) in [5.74, 6) is -0.0727. The van der Waals surface area contributed by atoms with Gasteiger partial charge in [0, 0.05) is 23.4 Å². The van der Waals surface area contributed by atoms with Crippen LogP contribution in [0.4, 0.5) is 0 Å². The van der Waals surface area contributed by atoms with Crippen LogP contribution in [0.3, 0.4) is 0 Å². The van der Waals surface area contributed by atoms with E-state index in [1.54, 1.807) is 18.4 Å². The Kier molecular flexibility index (Phi) is 5.61. The molecule has 5 heteroatoms. The lowest BCUT2D eigenvalue weighted by molar-refractivity contribution is 0.0587. The van der Waals surface area contributed by atoms with Gasteiger partial charge < -0.3 is 15.2 Å². The Morgan fingerprint density at radius 1 is 1.59 bits per heavy atom. The zero-order chi connectivity index (χ0) is 12.8. The molecule has 0 fully saturated rings. The highest BCUT2D eigenvalue weighted by molar-refractivity contribution is 7.12. The lowest BCUT2D eigenvalue weighted by Crippen LogP contribution is -2.28. The Hall–Kier alpha value is -0.910. The van der Waals surface area contributed by atoms with Crippen LogP contribution in [0.15, 0.2) is 6.07 Å². The van der Waals surface area contributed by atoms with Crippen LogP contribution >= 0.6 is 11.3 Å². The van der Waals surface area contributed by atoms with Crippen molar-refractivity contribution in [2.24, 2.45) is 0 Å². The summed E-state index contributed by atoms with van der Waals surface area (Å²) in [5, 5.41) is 12.2. The zero-order valence-corrected chi connectivity index (χ0v) is 11.3. The fourth-order valence-corrected chi connectivity index (χ4v) is 2.50. The van der Waals surface area contributed by atoms with Crippen LogP contribution in [-0.4, -0.2) is 37.4 Å². The molecular formula is C12H19NO3S. The van der Waals surface area contributed by atoms with E-state index in [1.165, 1.54) is 0 Å². The summed E-state index contributed by atoms with van der Waals surface area (Å²) in [4.78, 5) is 14.0. The third-order valence-corrected chi connectivity index (χ3v) is 3.37. The molecule has 0 radical (unpaired) electrons. The van der Waals surface area contributed by atoms with Gasteiger partial charge in [0.05, 0.1) is 18.3 Å². The predicted molar refractivity (Wildman–Crippen MR) is 68.6 cm³/mol. The topological polar surface area (TPSA) is 58.6 Å². The zero-order valence-electron chi connectivity index (χ0n) is 10.4.